The van der Waals surface area contributed by atoms with E-state index in [1.54, 1.807) is 6.92 Å². The molecule has 0 radical (unpaired) electrons. The fraction of sp³-hybridized carbons (Fsp3) is 0.417. The average Bonchev–Trinajstić information content (AvgIpc) is 2.30. The maximum Gasteiger partial charge on any atom is 0.339 e. The quantitative estimate of drug-likeness (QED) is 0.747. The van der Waals surface area contributed by atoms with Crippen molar-refractivity contribution in [3.63, 3.8) is 0 Å². The van der Waals surface area contributed by atoms with Gasteiger partial charge in [-0.2, -0.15) is 0 Å². The maximum absolute atomic E-state index is 11.5. The molecule has 0 amide bonds. The molecular weight excluding hydrogens is 206 g/mol. The number of carbonyl (C=O) groups excluding carboxylic acids is 1. The molecule has 3 N–H and O–H groups in total. The van der Waals surface area contributed by atoms with Crippen LogP contribution in [0.25, 0.3) is 0 Å². The first-order chi connectivity index (χ1) is 7.47. The van der Waals surface area contributed by atoms with Gasteiger partial charge in [-0.3, -0.25) is 0 Å². The number of carbonyl (C=O) groups is 1. The minimum atomic E-state index is -1.62. The third kappa shape index (κ3) is 3.05. The second-order valence-corrected chi connectivity index (χ2v) is 3.94. The van der Waals surface area contributed by atoms with Gasteiger partial charge in [0.1, 0.15) is 6.10 Å². The van der Waals surface area contributed by atoms with Gasteiger partial charge in [-0.05, 0) is 19.4 Å². The summed E-state index contributed by atoms with van der Waals surface area (Å²) in [5.41, 5.74) is 4.53. The van der Waals surface area contributed by atoms with Crippen LogP contribution in [-0.2, 0) is 9.53 Å². The van der Waals surface area contributed by atoms with Crippen molar-refractivity contribution < 1.29 is 14.6 Å². The smallest absolute Gasteiger partial charge is 0.339 e. The second-order valence-electron chi connectivity index (χ2n) is 3.94. The molecule has 0 aromatic heterocycles. The van der Waals surface area contributed by atoms with Gasteiger partial charge in [0.15, 0.2) is 5.60 Å². The van der Waals surface area contributed by atoms with Gasteiger partial charge in [0.2, 0.25) is 0 Å². The number of rotatable bonds is 4. The van der Waals surface area contributed by atoms with Crippen molar-refractivity contribution >= 4 is 5.97 Å². The zero-order valence-electron chi connectivity index (χ0n) is 9.51. The van der Waals surface area contributed by atoms with E-state index in [0.717, 1.165) is 5.56 Å². The first kappa shape index (κ1) is 12.7. The average molecular weight is 223 g/mol. The van der Waals surface area contributed by atoms with E-state index < -0.39 is 17.7 Å². The Bertz CT molecular complexity index is 349. The number of hydrogen-bond acceptors (Lipinski definition) is 4. The highest BCUT2D eigenvalue weighted by molar-refractivity contribution is 5.79. The Kier molecular flexibility index (Phi) is 4.04. The first-order valence-electron chi connectivity index (χ1n) is 5.16. The molecule has 0 aliphatic carbocycles. The van der Waals surface area contributed by atoms with Crippen LogP contribution < -0.4 is 5.73 Å². The Morgan fingerprint density at radius 2 is 2.06 bits per heavy atom. The van der Waals surface area contributed by atoms with Gasteiger partial charge in [0.25, 0.3) is 0 Å². The van der Waals surface area contributed by atoms with Crippen LogP contribution in [-0.4, -0.2) is 23.2 Å². The molecule has 16 heavy (non-hydrogen) atoms. The number of benzene rings is 1. The summed E-state index contributed by atoms with van der Waals surface area (Å²) in [5.74, 6) is -0.702. The highest BCUT2D eigenvalue weighted by Crippen LogP contribution is 2.18. The summed E-state index contributed by atoms with van der Waals surface area (Å²) in [6, 6.07) is 9.32. The molecule has 2 atom stereocenters. The lowest BCUT2D eigenvalue weighted by molar-refractivity contribution is -0.167. The van der Waals surface area contributed by atoms with Gasteiger partial charge in [-0.1, -0.05) is 30.3 Å². The molecule has 88 valence electrons. The normalized spacial score (nSPS) is 16.2. The molecular formula is C12H17NO3. The SMILES string of the molecule is CC(OC(=O)C(C)(O)CN)c1ccccc1. The summed E-state index contributed by atoms with van der Waals surface area (Å²) in [4.78, 5) is 11.5. The number of hydrogen-bond donors (Lipinski definition) is 2. The molecule has 0 fully saturated rings. The standard InChI is InChI=1S/C12H17NO3/c1-9(10-6-4-3-5-7-10)16-11(14)12(2,15)8-13/h3-7,9,15H,8,13H2,1-2H3. The van der Waals surface area contributed by atoms with Crippen molar-refractivity contribution in [2.45, 2.75) is 25.6 Å². The van der Waals surface area contributed by atoms with E-state index in [0.29, 0.717) is 0 Å². The molecule has 1 rings (SSSR count). The van der Waals surface area contributed by atoms with Crippen LogP contribution in [0.1, 0.15) is 25.5 Å². The molecule has 1 aromatic carbocycles. The molecule has 4 nitrogen and oxygen atoms in total. The van der Waals surface area contributed by atoms with Gasteiger partial charge >= 0.3 is 5.97 Å². The minimum absolute atomic E-state index is 0.159. The summed E-state index contributed by atoms with van der Waals surface area (Å²) in [6.07, 6.45) is -0.397. The van der Waals surface area contributed by atoms with Crippen LogP contribution >= 0.6 is 0 Å². The monoisotopic (exact) mass is 223 g/mol. The van der Waals surface area contributed by atoms with Crippen molar-refractivity contribution in [2.75, 3.05) is 6.54 Å². The van der Waals surface area contributed by atoms with E-state index in [4.69, 9.17) is 10.5 Å². The zero-order valence-corrected chi connectivity index (χ0v) is 9.51. The van der Waals surface area contributed by atoms with Gasteiger partial charge in [-0.15, -0.1) is 0 Å². The van der Waals surface area contributed by atoms with Gasteiger partial charge in [-0.25, -0.2) is 4.79 Å². The molecule has 0 saturated carbocycles. The summed E-state index contributed by atoms with van der Waals surface area (Å²) in [6.45, 7) is 2.93. The van der Waals surface area contributed by atoms with Gasteiger partial charge in [0.05, 0.1) is 0 Å². The molecule has 4 heteroatoms. The summed E-state index contributed by atoms with van der Waals surface area (Å²) >= 11 is 0. The topological polar surface area (TPSA) is 72.5 Å². The second kappa shape index (κ2) is 5.09. The van der Waals surface area contributed by atoms with Crippen LogP contribution in [0.4, 0.5) is 0 Å². The maximum atomic E-state index is 11.5. The van der Waals surface area contributed by atoms with Gasteiger partial charge < -0.3 is 15.6 Å². The lowest BCUT2D eigenvalue weighted by Gasteiger charge is -2.22. The molecule has 0 bridgehead atoms. The molecule has 0 heterocycles. The van der Waals surface area contributed by atoms with Crippen molar-refractivity contribution in [3.05, 3.63) is 35.9 Å². The summed E-state index contributed by atoms with van der Waals surface area (Å²) < 4.78 is 5.12. The Hall–Kier alpha value is -1.39. The number of esters is 1. The van der Waals surface area contributed by atoms with E-state index in [2.05, 4.69) is 0 Å². The van der Waals surface area contributed by atoms with E-state index in [1.807, 2.05) is 30.3 Å². The lowest BCUT2D eigenvalue weighted by Crippen LogP contribution is -2.44. The van der Waals surface area contributed by atoms with Crippen LogP contribution in [0, 0.1) is 0 Å². The fourth-order valence-electron chi connectivity index (χ4n) is 1.16. The van der Waals surface area contributed by atoms with E-state index in [9.17, 15) is 9.90 Å². The Morgan fingerprint density at radius 3 is 2.56 bits per heavy atom. The van der Waals surface area contributed by atoms with E-state index in [1.165, 1.54) is 6.92 Å². The summed E-state index contributed by atoms with van der Waals surface area (Å²) in [5, 5.41) is 9.59. The third-order valence-corrected chi connectivity index (χ3v) is 2.39. The zero-order chi connectivity index (χ0) is 12.2. The molecule has 1 aromatic rings. The molecule has 0 aliphatic heterocycles. The lowest BCUT2D eigenvalue weighted by atomic mass is 10.1. The van der Waals surface area contributed by atoms with Crippen molar-refractivity contribution in [1.82, 2.24) is 0 Å². The van der Waals surface area contributed by atoms with Crippen LogP contribution in [0.2, 0.25) is 0 Å². The predicted octanol–water partition coefficient (Wildman–Crippen LogP) is 1.00. The molecule has 0 aliphatic rings. The number of ether oxygens (including phenoxy) is 1. The van der Waals surface area contributed by atoms with E-state index in [-0.39, 0.29) is 6.54 Å². The summed E-state index contributed by atoms with van der Waals surface area (Å²) in [7, 11) is 0. The van der Waals surface area contributed by atoms with Crippen molar-refractivity contribution in [2.24, 2.45) is 5.73 Å². The molecule has 2 unspecified atom stereocenters. The van der Waals surface area contributed by atoms with E-state index >= 15 is 0 Å². The fourth-order valence-corrected chi connectivity index (χ4v) is 1.16. The predicted molar refractivity (Wildman–Crippen MR) is 60.6 cm³/mol. The van der Waals surface area contributed by atoms with Crippen molar-refractivity contribution in [1.29, 1.82) is 0 Å². The number of nitrogens with two attached hydrogens (primary N) is 1. The van der Waals surface area contributed by atoms with Crippen LogP contribution in [0.15, 0.2) is 30.3 Å². The van der Waals surface area contributed by atoms with Crippen molar-refractivity contribution in [3.8, 4) is 0 Å². The number of aliphatic hydroxyl groups is 1. The highest BCUT2D eigenvalue weighted by Gasteiger charge is 2.31. The first-order valence-corrected chi connectivity index (χ1v) is 5.16. The highest BCUT2D eigenvalue weighted by atomic mass is 16.6. The minimum Gasteiger partial charge on any atom is -0.456 e. The molecule has 0 spiro atoms. The van der Waals surface area contributed by atoms with Crippen LogP contribution in [0.3, 0.4) is 0 Å². The Labute approximate surface area is 95.0 Å². The Morgan fingerprint density at radius 1 is 1.50 bits per heavy atom. The van der Waals surface area contributed by atoms with Gasteiger partial charge in [0, 0.05) is 6.54 Å². The largest absolute Gasteiger partial charge is 0.456 e. The van der Waals surface area contributed by atoms with Crippen LogP contribution in [0.5, 0.6) is 0 Å². The molecule has 0 saturated heterocycles. The Balaban J connectivity index is 2.66. The third-order valence-electron chi connectivity index (χ3n) is 2.39.